The molecular formula is C16H25NO3. The van der Waals surface area contributed by atoms with E-state index < -0.39 is 12.0 Å². The summed E-state index contributed by atoms with van der Waals surface area (Å²) in [5.41, 5.74) is 1.15. The Morgan fingerprint density at radius 1 is 1.25 bits per heavy atom. The number of aliphatic carboxylic acids is 1. The third-order valence-electron chi connectivity index (χ3n) is 3.04. The first-order valence-corrected chi connectivity index (χ1v) is 7.12. The van der Waals surface area contributed by atoms with Gasteiger partial charge in [0.15, 0.2) is 0 Å². The molecule has 2 N–H and O–H groups in total. The quantitative estimate of drug-likeness (QED) is 0.768. The highest BCUT2D eigenvalue weighted by atomic mass is 16.5. The summed E-state index contributed by atoms with van der Waals surface area (Å²) in [6.45, 7) is 8.49. The minimum absolute atomic E-state index is 0.138. The molecule has 1 aromatic rings. The average molecular weight is 279 g/mol. The highest BCUT2D eigenvalue weighted by molar-refractivity contribution is 5.73. The van der Waals surface area contributed by atoms with E-state index in [9.17, 15) is 4.79 Å². The van der Waals surface area contributed by atoms with Crippen LogP contribution >= 0.6 is 0 Å². The van der Waals surface area contributed by atoms with Gasteiger partial charge in [0.1, 0.15) is 11.8 Å². The van der Waals surface area contributed by atoms with Crippen LogP contribution in [0.1, 0.15) is 45.6 Å². The zero-order valence-corrected chi connectivity index (χ0v) is 12.7. The van der Waals surface area contributed by atoms with Crippen LogP contribution in [0.15, 0.2) is 24.3 Å². The fraction of sp³-hybridized carbons (Fsp3) is 0.562. The molecule has 0 heterocycles. The summed E-state index contributed by atoms with van der Waals surface area (Å²) >= 11 is 0. The molecule has 112 valence electrons. The molecule has 0 radical (unpaired) electrons. The molecule has 4 nitrogen and oxygen atoms in total. The molecule has 0 bridgehead atoms. The summed E-state index contributed by atoms with van der Waals surface area (Å²) in [5, 5.41) is 12.2. The molecule has 0 aliphatic heterocycles. The largest absolute Gasteiger partial charge is 0.493 e. The lowest BCUT2D eigenvalue weighted by molar-refractivity contribution is -0.140. The maximum absolute atomic E-state index is 11.1. The van der Waals surface area contributed by atoms with Crippen molar-refractivity contribution >= 4 is 5.97 Å². The van der Waals surface area contributed by atoms with E-state index in [1.807, 2.05) is 38.1 Å². The van der Waals surface area contributed by atoms with E-state index in [0.29, 0.717) is 18.9 Å². The van der Waals surface area contributed by atoms with Crippen LogP contribution in [-0.4, -0.2) is 29.8 Å². The number of hydrogen-bond acceptors (Lipinski definition) is 3. The van der Waals surface area contributed by atoms with Crippen molar-refractivity contribution in [1.82, 2.24) is 5.32 Å². The van der Waals surface area contributed by atoms with Gasteiger partial charge < -0.3 is 15.2 Å². The Hall–Kier alpha value is -1.55. The van der Waals surface area contributed by atoms with E-state index in [1.165, 1.54) is 0 Å². The number of hydrogen-bond donors (Lipinski definition) is 2. The summed E-state index contributed by atoms with van der Waals surface area (Å²) in [5.74, 6) is 0.394. The van der Waals surface area contributed by atoms with Crippen LogP contribution in [-0.2, 0) is 4.79 Å². The van der Waals surface area contributed by atoms with Gasteiger partial charge in [-0.2, -0.15) is 0 Å². The Balaban J connectivity index is 2.57. The van der Waals surface area contributed by atoms with E-state index in [2.05, 4.69) is 19.2 Å². The number of nitrogens with one attached hydrogen (secondary N) is 1. The topological polar surface area (TPSA) is 58.6 Å². The third kappa shape index (κ3) is 5.21. The molecule has 0 amide bonds. The van der Waals surface area contributed by atoms with Crippen molar-refractivity contribution in [2.75, 3.05) is 6.61 Å². The summed E-state index contributed by atoms with van der Waals surface area (Å²) in [6, 6.07) is 7.47. The van der Waals surface area contributed by atoms with Crippen LogP contribution in [0.25, 0.3) is 0 Å². The Morgan fingerprint density at radius 2 is 1.90 bits per heavy atom. The van der Waals surface area contributed by atoms with Gasteiger partial charge in [-0.1, -0.05) is 45.9 Å². The molecule has 0 saturated carbocycles. The SMILES string of the molecule is CC(C)NC(CCOc1ccccc1C(C)C)C(=O)O. The van der Waals surface area contributed by atoms with Gasteiger partial charge in [0.2, 0.25) is 0 Å². The molecule has 1 aromatic carbocycles. The summed E-state index contributed by atoms with van der Waals surface area (Å²) in [7, 11) is 0. The van der Waals surface area contributed by atoms with E-state index in [0.717, 1.165) is 11.3 Å². The molecule has 0 aromatic heterocycles. The first-order valence-electron chi connectivity index (χ1n) is 7.12. The van der Waals surface area contributed by atoms with E-state index >= 15 is 0 Å². The second-order valence-corrected chi connectivity index (χ2v) is 5.54. The zero-order chi connectivity index (χ0) is 15.1. The number of carboxylic acid groups (broad SMARTS) is 1. The molecule has 0 fully saturated rings. The Kier molecular flexibility index (Phi) is 6.52. The lowest BCUT2D eigenvalue weighted by Gasteiger charge is -2.18. The van der Waals surface area contributed by atoms with Crippen molar-refractivity contribution in [2.45, 2.75) is 52.1 Å². The van der Waals surface area contributed by atoms with Crippen LogP contribution < -0.4 is 10.1 Å². The lowest BCUT2D eigenvalue weighted by atomic mass is 10.0. The van der Waals surface area contributed by atoms with Crippen LogP contribution in [0.2, 0.25) is 0 Å². The normalized spacial score (nSPS) is 12.7. The Bertz CT molecular complexity index is 429. The molecule has 1 atom stereocenters. The lowest BCUT2D eigenvalue weighted by Crippen LogP contribution is -2.41. The Morgan fingerprint density at radius 3 is 2.45 bits per heavy atom. The summed E-state index contributed by atoms with van der Waals surface area (Å²) in [6.07, 6.45) is 0.444. The smallest absolute Gasteiger partial charge is 0.320 e. The first kappa shape index (κ1) is 16.5. The van der Waals surface area contributed by atoms with Gasteiger partial charge in [-0.15, -0.1) is 0 Å². The van der Waals surface area contributed by atoms with Crippen LogP contribution in [0.3, 0.4) is 0 Å². The standard InChI is InChI=1S/C16H25NO3/c1-11(2)13-7-5-6-8-15(13)20-10-9-14(16(18)19)17-12(3)4/h5-8,11-12,14,17H,9-10H2,1-4H3,(H,18,19). The van der Waals surface area contributed by atoms with Gasteiger partial charge in [0, 0.05) is 12.5 Å². The van der Waals surface area contributed by atoms with Crippen molar-refractivity contribution < 1.29 is 14.6 Å². The van der Waals surface area contributed by atoms with Gasteiger partial charge in [0.05, 0.1) is 6.61 Å². The van der Waals surface area contributed by atoms with Gasteiger partial charge in [-0.05, 0) is 17.5 Å². The fourth-order valence-electron chi connectivity index (χ4n) is 2.06. The number of ether oxygens (including phenoxy) is 1. The number of benzene rings is 1. The maximum atomic E-state index is 11.1. The van der Waals surface area contributed by atoms with E-state index in [-0.39, 0.29) is 6.04 Å². The molecule has 1 rings (SSSR count). The fourth-order valence-corrected chi connectivity index (χ4v) is 2.06. The first-order chi connectivity index (χ1) is 9.41. The van der Waals surface area contributed by atoms with Gasteiger partial charge >= 0.3 is 5.97 Å². The van der Waals surface area contributed by atoms with E-state index in [4.69, 9.17) is 9.84 Å². The minimum atomic E-state index is -0.834. The van der Waals surface area contributed by atoms with Crippen molar-refractivity contribution in [3.63, 3.8) is 0 Å². The predicted octanol–water partition coefficient (Wildman–Crippen LogP) is 3.03. The van der Waals surface area contributed by atoms with E-state index in [1.54, 1.807) is 0 Å². The summed E-state index contributed by atoms with van der Waals surface area (Å²) < 4.78 is 5.76. The second-order valence-electron chi connectivity index (χ2n) is 5.54. The zero-order valence-electron chi connectivity index (χ0n) is 12.7. The molecular weight excluding hydrogens is 254 g/mol. The summed E-state index contributed by atoms with van der Waals surface area (Å²) in [4.78, 5) is 11.1. The number of para-hydroxylation sites is 1. The van der Waals surface area contributed by atoms with Crippen molar-refractivity contribution in [3.05, 3.63) is 29.8 Å². The van der Waals surface area contributed by atoms with Gasteiger partial charge in [-0.25, -0.2) is 0 Å². The van der Waals surface area contributed by atoms with Crippen LogP contribution in [0, 0.1) is 0 Å². The Labute approximate surface area is 121 Å². The highest BCUT2D eigenvalue weighted by Crippen LogP contribution is 2.25. The van der Waals surface area contributed by atoms with Crippen molar-refractivity contribution in [1.29, 1.82) is 0 Å². The molecule has 1 unspecified atom stereocenters. The van der Waals surface area contributed by atoms with Gasteiger partial charge in [-0.3, -0.25) is 4.79 Å². The van der Waals surface area contributed by atoms with Crippen LogP contribution in [0.4, 0.5) is 0 Å². The van der Waals surface area contributed by atoms with Crippen molar-refractivity contribution in [2.24, 2.45) is 0 Å². The molecule has 0 spiro atoms. The molecule has 0 saturated heterocycles. The molecule has 0 aliphatic rings. The number of carboxylic acids is 1. The molecule has 0 aliphatic carbocycles. The molecule has 20 heavy (non-hydrogen) atoms. The van der Waals surface area contributed by atoms with Gasteiger partial charge in [0.25, 0.3) is 0 Å². The monoisotopic (exact) mass is 279 g/mol. The van der Waals surface area contributed by atoms with Crippen molar-refractivity contribution in [3.8, 4) is 5.75 Å². The average Bonchev–Trinajstić information content (AvgIpc) is 2.37. The maximum Gasteiger partial charge on any atom is 0.320 e. The highest BCUT2D eigenvalue weighted by Gasteiger charge is 2.18. The predicted molar refractivity (Wildman–Crippen MR) is 80.3 cm³/mol. The molecule has 4 heteroatoms. The number of carbonyl (C=O) groups is 1. The minimum Gasteiger partial charge on any atom is -0.493 e. The number of rotatable bonds is 8. The van der Waals surface area contributed by atoms with Crippen LogP contribution in [0.5, 0.6) is 5.75 Å². The second kappa shape index (κ2) is 7.90. The third-order valence-corrected chi connectivity index (χ3v) is 3.04.